The van der Waals surface area contributed by atoms with E-state index in [9.17, 15) is 19.5 Å². The molecule has 1 saturated carbocycles. The molecule has 0 bridgehead atoms. The van der Waals surface area contributed by atoms with Crippen LogP contribution in [0.2, 0.25) is 0 Å². The monoisotopic (exact) mass is 259 g/mol. The Morgan fingerprint density at radius 3 is 2.50 bits per heavy atom. The molecule has 3 unspecified atom stereocenters. The average molecular weight is 259 g/mol. The second kappa shape index (κ2) is 6.34. The molecule has 102 valence electrons. The first-order valence-corrected chi connectivity index (χ1v) is 5.73. The van der Waals surface area contributed by atoms with E-state index in [1.807, 2.05) is 0 Å². The first-order valence-electron chi connectivity index (χ1n) is 5.73. The molecule has 0 saturated heterocycles. The van der Waals surface area contributed by atoms with Crippen molar-refractivity contribution in [1.82, 2.24) is 5.32 Å². The quantitative estimate of drug-likeness (QED) is 0.554. The molecule has 1 fully saturated rings. The number of hydrogen-bond donors (Lipinski definition) is 3. The summed E-state index contributed by atoms with van der Waals surface area (Å²) in [6.07, 6.45) is 0.252. The molecule has 0 aromatic carbocycles. The number of ether oxygens (including phenoxy) is 1. The minimum absolute atomic E-state index is 0.269. The number of carboxylic acids is 1. The van der Waals surface area contributed by atoms with Crippen molar-refractivity contribution in [3.63, 3.8) is 0 Å². The lowest BCUT2D eigenvalue weighted by Gasteiger charge is -2.16. The van der Waals surface area contributed by atoms with E-state index in [-0.39, 0.29) is 6.54 Å². The molecule has 1 amide bonds. The van der Waals surface area contributed by atoms with Crippen LogP contribution in [-0.2, 0) is 19.1 Å². The van der Waals surface area contributed by atoms with Gasteiger partial charge in [-0.25, -0.2) is 4.79 Å². The van der Waals surface area contributed by atoms with Crippen LogP contribution in [0.15, 0.2) is 0 Å². The minimum Gasteiger partial charge on any atom is -0.481 e. The average Bonchev–Trinajstić information content (AvgIpc) is 2.83. The van der Waals surface area contributed by atoms with Gasteiger partial charge in [-0.2, -0.15) is 0 Å². The van der Waals surface area contributed by atoms with Crippen molar-refractivity contribution in [1.29, 1.82) is 0 Å². The number of aliphatic hydroxyl groups is 1. The van der Waals surface area contributed by atoms with E-state index in [0.29, 0.717) is 19.3 Å². The predicted molar refractivity (Wildman–Crippen MR) is 59.5 cm³/mol. The van der Waals surface area contributed by atoms with Gasteiger partial charge in [0.1, 0.15) is 0 Å². The number of carboxylic acid groups (broad SMARTS) is 1. The van der Waals surface area contributed by atoms with Gasteiger partial charge in [0.05, 0.1) is 25.5 Å². The maximum Gasteiger partial charge on any atom is 0.336 e. The van der Waals surface area contributed by atoms with Gasteiger partial charge >= 0.3 is 11.9 Å². The number of esters is 1. The Kier molecular flexibility index (Phi) is 5.08. The molecule has 0 radical (unpaired) electrons. The predicted octanol–water partition coefficient (Wildman–Crippen LogP) is -0.863. The van der Waals surface area contributed by atoms with E-state index in [1.165, 1.54) is 0 Å². The molecular weight excluding hydrogens is 242 g/mol. The molecule has 1 aliphatic carbocycles. The number of methoxy groups -OCH3 is 1. The van der Waals surface area contributed by atoms with Crippen LogP contribution in [0, 0.1) is 11.8 Å². The van der Waals surface area contributed by atoms with Gasteiger partial charge in [0.2, 0.25) is 5.91 Å². The van der Waals surface area contributed by atoms with E-state index in [0.717, 1.165) is 7.11 Å². The molecule has 3 N–H and O–H groups in total. The number of carbonyl (C=O) groups excluding carboxylic acids is 2. The molecule has 3 atom stereocenters. The lowest BCUT2D eigenvalue weighted by Crippen LogP contribution is -2.41. The van der Waals surface area contributed by atoms with Crippen LogP contribution in [0.5, 0.6) is 0 Å². The molecule has 0 heterocycles. The third kappa shape index (κ3) is 3.43. The van der Waals surface area contributed by atoms with E-state index in [1.54, 1.807) is 0 Å². The summed E-state index contributed by atoms with van der Waals surface area (Å²) in [6, 6.07) is 0. The summed E-state index contributed by atoms with van der Waals surface area (Å²) in [6.45, 7) is -0.269. The SMILES string of the molecule is COC(=O)C(O)CNC(=O)C1CCCC1C(=O)O. The Balaban J connectivity index is 2.45. The summed E-state index contributed by atoms with van der Waals surface area (Å²) >= 11 is 0. The van der Waals surface area contributed by atoms with E-state index in [4.69, 9.17) is 5.11 Å². The van der Waals surface area contributed by atoms with E-state index >= 15 is 0 Å². The summed E-state index contributed by atoms with van der Waals surface area (Å²) < 4.78 is 4.29. The molecule has 18 heavy (non-hydrogen) atoms. The van der Waals surface area contributed by atoms with Crippen molar-refractivity contribution in [2.75, 3.05) is 13.7 Å². The fourth-order valence-corrected chi connectivity index (χ4v) is 2.12. The van der Waals surface area contributed by atoms with Gasteiger partial charge in [0.25, 0.3) is 0 Å². The Morgan fingerprint density at radius 1 is 1.33 bits per heavy atom. The molecule has 1 aliphatic rings. The number of hydrogen-bond acceptors (Lipinski definition) is 5. The third-order valence-electron chi connectivity index (χ3n) is 3.11. The van der Waals surface area contributed by atoms with Gasteiger partial charge in [-0.3, -0.25) is 9.59 Å². The first kappa shape index (κ1) is 14.4. The van der Waals surface area contributed by atoms with Crippen LogP contribution in [0.3, 0.4) is 0 Å². The number of rotatable bonds is 5. The Hall–Kier alpha value is -1.63. The molecular formula is C11H17NO6. The van der Waals surface area contributed by atoms with Crippen LogP contribution in [-0.4, -0.2) is 47.8 Å². The summed E-state index contributed by atoms with van der Waals surface area (Å²) in [5.74, 6) is -3.53. The zero-order valence-electron chi connectivity index (χ0n) is 10.1. The van der Waals surface area contributed by atoms with Crippen molar-refractivity contribution < 1.29 is 29.3 Å². The van der Waals surface area contributed by atoms with Gasteiger partial charge in [-0.1, -0.05) is 6.42 Å². The second-order valence-electron chi connectivity index (χ2n) is 4.27. The van der Waals surface area contributed by atoms with E-state index in [2.05, 4.69) is 10.1 Å². The lowest BCUT2D eigenvalue weighted by atomic mass is 9.95. The molecule has 0 aliphatic heterocycles. The zero-order chi connectivity index (χ0) is 13.7. The number of aliphatic carboxylic acids is 1. The highest BCUT2D eigenvalue weighted by Crippen LogP contribution is 2.31. The van der Waals surface area contributed by atoms with Gasteiger partial charge in [-0.15, -0.1) is 0 Å². The number of nitrogens with one attached hydrogen (secondary N) is 1. The summed E-state index contributed by atoms with van der Waals surface area (Å²) in [4.78, 5) is 33.5. The summed E-state index contributed by atoms with van der Waals surface area (Å²) in [5, 5.41) is 20.6. The fourth-order valence-electron chi connectivity index (χ4n) is 2.12. The van der Waals surface area contributed by atoms with Gasteiger partial charge < -0.3 is 20.3 Å². The third-order valence-corrected chi connectivity index (χ3v) is 3.11. The van der Waals surface area contributed by atoms with Crippen LogP contribution in [0.1, 0.15) is 19.3 Å². The van der Waals surface area contributed by atoms with Crippen molar-refractivity contribution in [3.05, 3.63) is 0 Å². The Morgan fingerprint density at radius 2 is 1.94 bits per heavy atom. The molecule has 7 nitrogen and oxygen atoms in total. The second-order valence-corrected chi connectivity index (χ2v) is 4.27. The van der Waals surface area contributed by atoms with Crippen LogP contribution in [0.4, 0.5) is 0 Å². The normalized spacial score (nSPS) is 24.3. The van der Waals surface area contributed by atoms with Crippen molar-refractivity contribution >= 4 is 17.8 Å². The van der Waals surface area contributed by atoms with Crippen molar-refractivity contribution in [2.45, 2.75) is 25.4 Å². The highest BCUT2D eigenvalue weighted by molar-refractivity contribution is 5.85. The van der Waals surface area contributed by atoms with Crippen LogP contribution >= 0.6 is 0 Å². The Bertz CT molecular complexity index is 342. The standard InChI is InChI=1S/C11H17NO6/c1-18-11(17)8(13)5-12-9(14)6-3-2-4-7(6)10(15)16/h6-8,13H,2-5H2,1H3,(H,12,14)(H,15,16). The zero-order valence-corrected chi connectivity index (χ0v) is 10.1. The molecule has 0 aromatic heterocycles. The smallest absolute Gasteiger partial charge is 0.336 e. The van der Waals surface area contributed by atoms with E-state index < -0.39 is 35.8 Å². The largest absolute Gasteiger partial charge is 0.481 e. The fraction of sp³-hybridized carbons (Fsp3) is 0.727. The molecule has 0 spiro atoms. The first-order chi connectivity index (χ1) is 8.47. The molecule has 0 aromatic rings. The highest BCUT2D eigenvalue weighted by Gasteiger charge is 2.37. The van der Waals surface area contributed by atoms with Crippen molar-refractivity contribution in [2.24, 2.45) is 11.8 Å². The summed E-state index contributed by atoms with van der Waals surface area (Å²) in [7, 11) is 1.13. The maximum absolute atomic E-state index is 11.7. The Labute approximate surface area is 104 Å². The van der Waals surface area contributed by atoms with Gasteiger partial charge in [-0.05, 0) is 12.8 Å². The molecule has 1 rings (SSSR count). The number of aliphatic hydroxyl groups excluding tert-OH is 1. The van der Waals surface area contributed by atoms with Gasteiger partial charge in [0.15, 0.2) is 6.10 Å². The topological polar surface area (TPSA) is 113 Å². The van der Waals surface area contributed by atoms with Crippen molar-refractivity contribution in [3.8, 4) is 0 Å². The number of amides is 1. The molecule has 7 heteroatoms. The number of carbonyl (C=O) groups is 3. The van der Waals surface area contributed by atoms with Gasteiger partial charge in [0, 0.05) is 0 Å². The maximum atomic E-state index is 11.7. The van der Waals surface area contributed by atoms with Crippen LogP contribution in [0.25, 0.3) is 0 Å². The highest BCUT2D eigenvalue weighted by atomic mass is 16.5. The lowest BCUT2D eigenvalue weighted by molar-refractivity contribution is -0.151. The summed E-state index contributed by atoms with van der Waals surface area (Å²) in [5.41, 5.74) is 0. The minimum atomic E-state index is -1.43. The van der Waals surface area contributed by atoms with Crippen LogP contribution < -0.4 is 5.32 Å².